The van der Waals surface area contributed by atoms with Crippen molar-refractivity contribution in [3.63, 3.8) is 0 Å². The Kier molecular flexibility index (Phi) is 7.53. The van der Waals surface area contributed by atoms with Crippen LogP contribution in [0.3, 0.4) is 0 Å². The Bertz CT molecular complexity index is 782. The van der Waals surface area contributed by atoms with E-state index < -0.39 is 9.84 Å². The molecule has 30 heavy (non-hydrogen) atoms. The first-order valence-electron chi connectivity index (χ1n) is 12.2. The fourth-order valence-electron chi connectivity index (χ4n) is 5.40. The summed E-state index contributed by atoms with van der Waals surface area (Å²) < 4.78 is 28.3. The van der Waals surface area contributed by atoms with Gasteiger partial charge in [-0.15, -0.1) is 0 Å². The van der Waals surface area contributed by atoms with Crippen molar-refractivity contribution in [2.45, 2.75) is 88.9 Å². The molecule has 1 N–H and O–H groups in total. The molecule has 1 saturated heterocycles. The van der Waals surface area contributed by atoms with Crippen LogP contribution in [0.4, 0.5) is 0 Å². The summed E-state index contributed by atoms with van der Waals surface area (Å²) in [7, 11) is -3.32. The first-order chi connectivity index (χ1) is 14.5. The highest BCUT2D eigenvalue weighted by Gasteiger charge is 2.33. The van der Waals surface area contributed by atoms with Gasteiger partial charge in [-0.3, -0.25) is 4.90 Å². The van der Waals surface area contributed by atoms with Crippen molar-refractivity contribution in [2.24, 2.45) is 17.8 Å². The van der Waals surface area contributed by atoms with Gasteiger partial charge in [-0.1, -0.05) is 19.3 Å². The molecule has 6 nitrogen and oxygen atoms in total. The Balaban J connectivity index is 1.51. The minimum absolute atomic E-state index is 0.265. The van der Waals surface area contributed by atoms with Gasteiger partial charge in [0, 0.05) is 26.2 Å². The Morgan fingerprint density at radius 2 is 1.77 bits per heavy atom. The summed E-state index contributed by atoms with van der Waals surface area (Å²) in [4.78, 5) is 6.95. The topological polar surface area (TPSA) is 75.4 Å². The van der Waals surface area contributed by atoms with E-state index in [4.69, 9.17) is 5.11 Å². The van der Waals surface area contributed by atoms with E-state index in [1.165, 1.54) is 44.9 Å². The molecule has 0 radical (unpaired) electrons. The zero-order valence-electron chi connectivity index (χ0n) is 18.3. The highest BCUT2D eigenvalue weighted by atomic mass is 32.2. The van der Waals surface area contributed by atoms with Gasteiger partial charge in [0.25, 0.3) is 0 Å². The number of aliphatic hydroxyl groups is 1. The smallest absolute Gasteiger partial charge is 0.227 e. The SMILES string of the molecule is O=S(=O)(CC1CC1)c1ncc(CN2CCC[C@@H](CCCO)C2)n1CC1CCCCC1. The van der Waals surface area contributed by atoms with Crippen LogP contribution in [0.2, 0.25) is 0 Å². The van der Waals surface area contributed by atoms with Crippen LogP contribution in [0.25, 0.3) is 0 Å². The molecule has 2 heterocycles. The maximum atomic E-state index is 13.1. The van der Waals surface area contributed by atoms with E-state index in [1.54, 1.807) is 0 Å². The summed E-state index contributed by atoms with van der Waals surface area (Å²) in [6, 6.07) is 0. The van der Waals surface area contributed by atoms with Gasteiger partial charge < -0.3 is 9.67 Å². The van der Waals surface area contributed by atoms with Gasteiger partial charge in [0.2, 0.25) is 15.0 Å². The molecule has 1 atom stereocenters. The van der Waals surface area contributed by atoms with Crippen LogP contribution in [0.15, 0.2) is 11.4 Å². The van der Waals surface area contributed by atoms with E-state index in [0.29, 0.717) is 22.9 Å². The van der Waals surface area contributed by atoms with Crippen LogP contribution < -0.4 is 0 Å². The van der Waals surface area contributed by atoms with Crippen molar-refractivity contribution in [1.29, 1.82) is 0 Å². The van der Waals surface area contributed by atoms with Gasteiger partial charge in [-0.05, 0) is 75.7 Å². The molecule has 1 aromatic heterocycles. The fourth-order valence-corrected chi connectivity index (χ4v) is 7.24. The number of rotatable bonds is 10. The Hall–Kier alpha value is -0.920. The Morgan fingerprint density at radius 3 is 2.50 bits per heavy atom. The molecular formula is C23H39N3O3S. The maximum absolute atomic E-state index is 13.1. The average molecular weight is 438 g/mol. The minimum atomic E-state index is -3.32. The van der Waals surface area contributed by atoms with Crippen molar-refractivity contribution < 1.29 is 13.5 Å². The lowest BCUT2D eigenvalue weighted by atomic mass is 9.89. The number of sulfone groups is 1. The van der Waals surface area contributed by atoms with E-state index in [2.05, 4.69) is 14.5 Å². The molecule has 1 aliphatic heterocycles. The molecule has 1 aromatic rings. The summed E-state index contributed by atoms with van der Waals surface area (Å²) in [5.41, 5.74) is 1.07. The van der Waals surface area contributed by atoms with E-state index in [0.717, 1.165) is 57.6 Å². The van der Waals surface area contributed by atoms with E-state index in [1.807, 2.05) is 6.20 Å². The second-order valence-electron chi connectivity index (χ2n) is 9.98. The lowest BCUT2D eigenvalue weighted by molar-refractivity contribution is 0.149. The quantitative estimate of drug-likeness (QED) is 0.605. The highest BCUT2D eigenvalue weighted by Crippen LogP contribution is 2.33. The number of piperidine rings is 1. The van der Waals surface area contributed by atoms with Gasteiger partial charge in [-0.25, -0.2) is 13.4 Å². The maximum Gasteiger partial charge on any atom is 0.227 e. The number of aliphatic hydroxyl groups excluding tert-OH is 1. The van der Waals surface area contributed by atoms with E-state index in [-0.39, 0.29) is 12.4 Å². The van der Waals surface area contributed by atoms with Crippen LogP contribution >= 0.6 is 0 Å². The predicted molar refractivity (Wildman–Crippen MR) is 118 cm³/mol. The van der Waals surface area contributed by atoms with Crippen molar-refractivity contribution in [1.82, 2.24) is 14.5 Å². The number of nitrogens with zero attached hydrogens (tertiary/aromatic N) is 3. The first kappa shape index (κ1) is 22.3. The van der Waals surface area contributed by atoms with Gasteiger partial charge >= 0.3 is 0 Å². The third-order valence-electron chi connectivity index (χ3n) is 7.26. The first-order valence-corrected chi connectivity index (χ1v) is 13.8. The molecule has 0 bridgehead atoms. The molecular weight excluding hydrogens is 398 g/mol. The van der Waals surface area contributed by atoms with Gasteiger partial charge in [0.05, 0.1) is 17.6 Å². The van der Waals surface area contributed by atoms with E-state index in [9.17, 15) is 8.42 Å². The minimum Gasteiger partial charge on any atom is -0.396 e. The summed E-state index contributed by atoms with van der Waals surface area (Å²) in [5, 5.41) is 9.48. The van der Waals surface area contributed by atoms with Crippen LogP contribution in [0.1, 0.15) is 76.3 Å². The molecule has 0 spiro atoms. The second kappa shape index (κ2) is 10.1. The number of imidazole rings is 1. The largest absolute Gasteiger partial charge is 0.396 e. The highest BCUT2D eigenvalue weighted by molar-refractivity contribution is 7.91. The Morgan fingerprint density at radius 1 is 1.00 bits per heavy atom. The molecule has 0 aromatic carbocycles. The number of hydrogen-bond donors (Lipinski definition) is 1. The van der Waals surface area contributed by atoms with Crippen LogP contribution in [0, 0.1) is 17.8 Å². The molecule has 2 saturated carbocycles. The van der Waals surface area contributed by atoms with Gasteiger partial charge in [0.15, 0.2) is 0 Å². The summed E-state index contributed by atoms with van der Waals surface area (Å²) >= 11 is 0. The molecule has 7 heteroatoms. The van der Waals surface area contributed by atoms with Gasteiger partial charge in [-0.2, -0.15) is 0 Å². The number of likely N-dealkylation sites (tertiary alicyclic amines) is 1. The Labute approximate surface area is 182 Å². The molecule has 4 rings (SSSR count). The van der Waals surface area contributed by atoms with Gasteiger partial charge in [0.1, 0.15) is 0 Å². The lowest BCUT2D eigenvalue weighted by Crippen LogP contribution is -2.36. The van der Waals surface area contributed by atoms with Crippen LogP contribution in [-0.2, 0) is 22.9 Å². The molecule has 0 unspecified atom stereocenters. The summed E-state index contributed by atoms with van der Waals surface area (Å²) in [5.74, 6) is 1.81. The van der Waals surface area contributed by atoms with Crippen molar-refractivity contribution in [3.05, 3.63) is 11.9 Å². The fraction of sp³-hybridized carbons (Fsp3) is 0.870. The van der Waals surface area contributed by atoms with Crippen LogP contribution in [0.5, 0.6) is 0 Å². The zero-order chi connectivity index (χ0) is 21.0. The van der Waals surface area contributed by atoms with E-state index >= 15 is 0 Å². The molecule has 2 aliphatic carbocycles. The number of hydrogen-bond acceptors (Lipinski definition) is 5. The normalized spacial score (nSPS) is 24.4. The molecule has 170 valence electrons. The average Bonchev–Trinajstić information content (AvgIpc) is 3.46. The molecule has 0 amide bonds. The number of aromatic nitrogens is 2. The summed E-state index contributed by atoms with van der Waals surface area (Å²) in [6.07, 6.45) is 14.5. The standard InChI is InChI=1S/C23H39N3O3S/c27-13-5-9-19-8-4-12-25(15-19)17-22-14-24-23(30(28,29)18-21-10-11-21)26(22)16-20-6-2-1-3-7-20/h14,19-21,27H,1-13,15-18H2/t19-/m0/s1. The van der Waals surface area contributed by atoms with Crippen molar-refractivity contribution >= 4 is 9.84 Å². The van der Waals surface area contributed by atoms with Crippen molar-refractivity contribution in [3.8, 4) is 0 Å². The zero-order valence-corrected chi connectivity index (χ0v) is 19.2. The summed E-state index contributed by atoms with van der Waals surface area (Å²) in [6.45, 7) is 3.96. The predicted octanol–water partition coefficient (Wildman–Crippen LogP) is 3.63. The molecule has 3 aliphatic rings. The third-order valence-corrected chi connectivity index (χ3v) is 9.05. The van der Waals surface area contributed by atoms with Crippen molar-refractivity contribution in [2.75, 3.05) is 25.4 Å². The van der Waals surface area contributed by atoms with Crippen LogP contribution in [-0.4, -0.2) is 53.4 Å². The second-order valence-corrected chi connectivity index (χ2v) is 11.9. The third kappa shape index (κ3) is 5.86. The monoisotopic (exact) mass is 437 g/mol. The lowest BCUT2D eigenvalue weighted by Gasteiger charge is -2.33. The molecule has 3 fully saturated rings.